The first-order chi connectivity index (χ1) is 11.0. The summed E-state index contributed by atoms with van der Waals surface area (Å²) in [5, 5.41) is 13.4. The molecule has 0 aliphatic heterocycles. The number of nitrogens with one attached hydrogen (secondary N) is 1. The monoisotopic (exact) mass is 312 g/mol. The molecule has 0 heterocycles. The first kappa shape index (κ1) is 16.5. The predicted octanol–water partition coefficient (Wildman–Crippen LogP) is 2.71. The molecule has 0 saturated carbocycles. The summed E-state index contributed by atoms with van der Waals surface area (Å²) in [5.41, 5.74) is 6.46. The van der Waals surface area contributed by atoms with Gasteiger partial charge in [0.1, 0.15) is 0 Å². The summed E-state index contributed by atoms with van der Waals surface area (Å²) in [6, 6.07) is 10.8. The van der Waals surface area contributed by atoms with E-state index in [1.54, 1.807) is 12.1 Å². The molecule has 0 bridgehead atoms. The maximum atomic E-state index is 11.9. The van der Waals surface area contributed by atoms with Crippen LogP contribution in [0.25, 0.3) is 0 Å². The number of aryl methyl sites for hydroxylation is 2. The topological polar surface area (TPSA) is 70.9 Å². The van der Waals surface area contributed by atoms with E-state index in [1.807, 2.05) is 26.0 Å². The fourth-order valence-corrected chi connectivity index (χ4v) is 2.21. The molecule has 0 saturated heterocycles. The van der Waals surface area contributed by atoms with Crippen LogP contribution in [0.5, 0.6) is 11.5 Å². The number of amides is 1. The molecular formula is C18H20N2O3. The van der Waals surface area contributed by atoms with Gasteiger partial charge in [-0.05, 0) is 48.7 Å². The Bertz CT molecular complexity index is 739. The Labute approximate surface area is 135 Å². The van der Waals surface area contributed by atoms with Crippen LogP contribution in [0.1, 0.15) is 22.3 Å². The van der Waals surface area contributed by atoms with Crippen molar-refractivity contribution in [3.8, 4) is 11.5 Å². The third kappa shape index (κ3) is 4.57. The summed E-state index contributed by atoms with van der Waals surface area (Å²) < 4.78 is 5.02. The molecule has 0 atom stereocenters. The predicted molar refractivity (Wildman–Crippen MR) is 90.0 cm³/mol. The number of aromatic hydroxyl groups is 1. The number of hydrogen-bond donors (Lipinski definition) is 2. The third-order valence-electron chi connectivity index (χ3n) is 3.46. The van der Waals surface area contributed by atoms with E-state index in [9.17, 15) is 9.90 Å². The maximum absolute atomic E-state index is 11.9. The SMILES string of the molecule is COc1cc(/C=N\NC(=O)Cc2ccc(C)cc2C)ccc1O. The van der Waals surface area contributed by atoms with Gasteiger partial charge in [-0.1, -0.05) is 23.8 Å². The molecule has 2 aromatic carbocycles. The minimum atomic E-state index is -0.182. The minimum Gasteiger partial charge on any atom is -0.504 e. The fraction of sp³-hybridized carbons (Fsp3) is 0.222. The normalized spacial score (nSPS) is 10.7. The Kier molecular flexibility index (Phi) is 5.36. The van der Waals surface area contributed by atoms with Gasteiger partial charge in [-0.3, -0.25) is 4.79 Å². The lowest BCUT2D eigenvalue weighted by molar-refractivity contribution is -0.120. The number of nitrogens with zero attached hydrogens (tertiary/aromatic N) is 1. The molecule has 1 amide bonds. The average molecular weight is 312 g/mol. The number of benzene rings is 2. The second-order valence-corrected chi connectivity index (χ2v) is 5.33. The van der Waals surface area contributed by atoms with E-state index in [2.05, 4.69) is 16.6 Å². The highest BCUT2D eigenvalue weighted by Gasteiger charge is 2.05. The van der Waals surface area contributed by atoms with Gasteiger partial charge in [-0.15, -0.1) is 0 Å². The molecule has 0 aliphatic rings. The van der Waals surface area contributed by atoms with E-state index in [4.69, 9.17) is 4.74 Å². The number of phenolic OH excluding ortho intramolecular Hbond substituents is 1. The number of ether oxygens (including phenoxy) is 1. The van der Waals surface area contributed by atoms with Gasteiger partial charge >= 0.3 is 0 Å². The summed E-state index contributed by atoms with van der Waals surface area (Å²) in [7, 11) is 1.47. The molecular weight excluding hydrogens is 292 g/mol. The van der Waals surface area contributed by atoms with Crippen molar-refractivity contribution in [3.63, 3.8) is 0 Å². The summed E-state index contributed by atoms with van der Waals surface area (Å²) >= 11 is 0. The Morgan fingerprint density at radius 1 is 1.26 bits per heavy atom. The van der Waals surface area contributed by atoms with Gasteiger partial charge in [0.2, 0.25) is 5.91 Å². The number of hydrogen-bond acceptors (Lipinski definition) is 4. The first-order valence-electron chi connectivity index (χ1n) is 7.24. The third-order valence-corrected chi connectivity index (χ3v) is 3.46. The van der Waals surface area contributed by atoms with Crippen molar-refractivity contribution in [1.82, 2.24) is 5.43 Å². The first-order valence-corrected chi connectivity index (χ1v) is 7.24. The van der Waals surface area contributed by atoms with Gasteiger partial charge in [0, 0.05) is 0 Å². The Morgan fingerprint density at radius 3 is 2.74 bits per heavy atom. The van der Waals surface area contributed by atoms with Crippen LogP contribution in [0, 0.1) is 13.8 Å². The van der Waals surface area contributed by atoms with Crippen molar-refractivity contribution in [2.75, 3.05) is 7.11 Å². The molecule has 0 spiro atoms. The van der Waals surface area contributed by atoms with Crippen molar-refractivity contribution in [3.05, 3.63) is 58.7 Å². The van der Waals surface area contributed by atoms with E-state index in [-0.39, 0.29) is 18.1 Å². The van der Waals surface area contributed by atoms with Gasteiger partial charge in [0.25, 0.3) is 0 Å². The molecule has 0 radical (unpaired) electrons. The molecule has 0 fully saturated rings. The minimum absolute atomic E-state index is 0.0588. The molecule has 120 valence electrons. The lowest BCUT2D eigenvalue weighted by Gasteiger charge is -2.06. The van der Waals surface area contributed by atoms with E-state index in [0.29, 0.717) is 11.3 Å². The van der Waals surface area contributed by atoms with Crippen LogP contribution < -0.4 is 10.2 Å². The molecule has 5 nitrogen and oxygen atoms in total. The number of carbonyl (C=O) groups is 1. The van der Waals surface area contributed by atoms with Crippen molar-refractivity contribution < 1.29 is 14.6 Å². The molecule has 0 unspecified atom stereocenters. The number of methoxy groups -OCH3 is 1. The Morgan fingerprint density at radius 2 is 2.04 bits per heavy atom. The lowest BCUT2D eigenvalue weighted by Crippen LogP contribution is -2.20. The molecule has 2 rings (SSSR count). The van der Waals surface area contributed by atoms with Crippen molar-refractivity contribution in [2.24, 2.45) is 5.10 Å². The van der Waals surface area contributed by atoms with E-state index < -0.39 is 0 Å². The van der Waals surface area contributed by atoms with E-state index in [1.165, 1.54) is 25.0 Å². The summed E-state index contributed by atoms with van der Waals surface area (Å²) in [4.78, 5) is 11.9. The zero-order valence-corrected chi connectivity index (χ0v) is 13.5. The molecule has 0 aromatic heterocycles. The standard InChI is InChI=1S/C18H20N2O3/c1-12-4-6-15(13(2)8-12)10-18(22)20-19-11-14-5-7-16(21)17(9-14)23-3/h4-9,11,21H,10H2,1-3H3,(H,20,22)/b19-11-. The van der Waals surface area contributed by atoms with Gasteiger partial charge in [-0.25, -0.2) is 5.43 Å². The van der Waals surface area contributed by atoms with Gasteiger partial charge < -0.3 is 9.84 Å². The molecule has 0 aliphatic carbocycles. The van der Waals surface area contributed by atoms with Crippen LogP contribution in [0.15, 0.2) is 41.5 Å². The van der Waals surface area contributed by atoms with Crippen LogP contribution in [-0.2, 0) is 11.2 Å². The molecule has 2 N–H and O–H groups in total. The second kappa shape index (κ2) is 7.45. The summed E-state index contributed by atoms with van der Waals surface area (Å²) in [6.45, 7) is 4.01. The summed E-state index contributed by atoms with van der Waals surface area (Å²) in [6.07, 6.45) is 1.78. The average Bonchev–Trinajstić information content (AvgIpc) is 2.52. The zero-order valence-electron chi connectivity index (χ0n) is 13.5. The van der Waals surface area contributed by atoms with Crippen LogP contribution in [0.2, 0.25) is 0 Å². The van der Waals surface area contributed by atoms with E-state index >= 15 is 0 Å². The lowest BCUT2D eigenvalue weighted by atomic mass is 10.0. The van der Waals surface area contributed by atoms with Crippen molar-refractivity contribution in [2.45, 2.75) is 20.3 Å². The Balaban J connectivity index is 1.96. The van der Waals surface area contributed by atoms with Gasteiger partial charge in [0.15, 0.2) is 11.5 Å². The van der Waals surface area contributed by atoms with Crippen LogP contribution in [0.4, 0.5) is 0 Å². The number of hydrazone groups is 1. The fourth-order valence-electron chi connectivity index (χ4n) is 2.21. The largest absolute Gasteiger partial charge is 0.504 e. The number of phenols is 1. The van der Waals surface area contributed by atoms with Crippen molar-refractivity contribution in [1.29, 1.82) is 0 Å². The second-order valence-electron chi connectivity index (χ2n) is 5.33. The van der Waals surface area contributed by atoms with Crippen LogP contribution >= 0.6 is 0 Å². The van der Waals surface area contributed by atoms with Crippen LogP contribution in [0.3, 0.4) is 0 Å². The number of rotatable bonds is 5. The molecule has 23 heavy (non-hydrogen) atoms. The Hall–Kier alpha value is -2.82. The molecule has 5 heteroatoms. The highest BCUT2D eigenvalue weighted by atomic mass is 16.5. The highest BCUT2D eigenvalue weighted by molar-refractivity contribution is 5.84. The smallest absolute Gasteiger partial charge is 0.244 e. The number of carbonyl (C=O) groups excluding carboxylic acids is 1. The summed E-state index contributed by atoms with van der Waals surface area (Å²) in [5.74, 6) is 0.234. The van der Waals surface area contributed by atoms with Gasteiger partial charge in [-0.2, -0.15) is 5.10 Å². The van der Waals surface area contributed by atoms with Crippen LogP contribution in [-0.4, -0.2) is 24.3 Å². The quantitative estimate of drug-likeness (QED) is 0.659. The zero-order chi connectivity index (χ0) is 16.8. The van der Waals surface area contributed by atoms with Gasteiger partial charge in [0.05, 0.1) is 19.7 Å². The maximum Gasteiger partial charge on any atom is 0.244 e. The highest BCUT2D eigenvalue weighted by Crippen LogP contribution is 2.25. The van der Waals surface area contributed by atoms with E-state index in [0.717, 1.165) is 11.1 Å². The molecule has 2 aromatic rings. The van der Waals surface area contributed by atoms with Crippen molar-refractivity contribution >= 4 is 12.1 Å².